The van der Waals surface area contributed by atoms with Crippen molar-refractivity contribution >= 4 is 34.2 Å². The highest BCUT2D eigenvalue weighted by Crippen LogP contribution is 2.78. The Morgan fingerprint density at radius 2 is 1.92 bits per heavy atom. The number of alkyl halides is 3. The summed E-state index contributed by atoms with van der Waals surface area (Å²) in [6.45, 7) is 7.56. The second kappa shape index (κ2) is 9.54. The minimum absolute atomic E-state index is 0.0340. The number of anilines is 1. The molecule has 3 fully saturated rings. The first-order valence-electron chi connectivity index (χ1n) is 13.1. The zero-order valence-electron chi connectivity index (χ0n) is 22.2. The van der Waals surface area contributed by atoms with Crippen molar-refractivity contribution < 1.29 is 27.1 Å². The van der Waals surface area contributed by atoms with Gasteiger partial charge in [-0.1, -0.05) is 31.0 Å². The Hall–Kier alpha value is -3.07. The van der Waals surface area contributed by atoms with E-state index in [9.17, 15) is 22.8 Å². The minimum Gasteiger partial charge on any atom is -0.461 e. The van der Waals surface area contributed by atoms with Crippen molar-refractivity contribution in [1.82, 2.24) is 4.98 Å². The van der Waals surface area contributed by atoms with Crippen molar-refractivity contribution in [2.45, 2.75) is 77.4 Å². The maximum absolute atomic E-state index is 13.5. The Balaban J connectivity index is 1.52. The summed E-state index contributed by atoms with van der Waals surface area (Å²) in [5.74, 6) is -0.266. The Bertz CT molecular complexity index is 1510. The number of nitrogens with one attached hydrogen (secondary N) is 1. The number of hydrogen-bond acceptors (Lipinski definition) is 6. The van der Waals surface area contributed by atoms with Crippen LogP contribution in [0.2, 0.25) is 5.15 Å². The van der Waals surface area contributed by atoms with E-state index in [1.807, 2.05) is 26.8 Å². The van der Waals surface area contributed by atoms with Gasteiger partial charge in [-0.15, -0.1) is 0 Å². The highest BCUT2D eigenvalue weighted by molar-refractivity contribution is 6.29. The average Bonchev–Trinajstić information content (AvgIpc) is 2.80. The number of unbranched alkanes of at least 4 members (excludes halogenated alkanes) is 1. The molecule has 3 saturated carbocycles. The van der Waals surface area contributed by atoms with Crippen molar-refractivity contribution in [3.63, 3.8) is 0 Å². The summed E-state index contributed by atoms with van der Waals surface area (Å²) in [7, 11) is 0. The minimum atomic E-state index is -4.26. The van der Waals surface area contributed by atoms with Crippen LogP contribution in [0.1, 0.15) is 84.9 Å². The fraction of sp³-hybridized carbons (Fsp3) is 0.483. The molecule has 0 spiro atoms. The standard InChI is InChI=1S/C29H30ClF3N2O4/c1-5-6-9-38-26(37)22-20(7-8-21(30)35-22)34-17(4)18-10-15(2)11-19-23(36)16(3)25(39-24(18)19)27-12-28(13-27,14-27)29(31,32)33/h7-8,10-11,17,34H,5-6,9,12-14H2,1-4H3/t17-,27?,28?/m1/s1. The van der Waals surface area contributed by atoms with Crippen molar-refractivity contribution in [3.8, 4) is 0 Å². The Kier molecular flexibility index (Phi) is 6.72. The molecule has 2 heterocycles. The third kappa shape index (κ3) is 4.48. The van der Waals surface area contributed by atoms with E-state index >= 15 is 0 Å². The van der Waals surface area contributed by atoms with Gasteiger partial charge < -0.3 is 14.5 Å². The molecule has 3 aromatic rings. The summed E-state index contributed by atoms with van der Waals surface area (Å²) >= 11 is 6.06. The molecule has 0 aliphatic heterocycles. The monoisotopic (exact) mass is 562 g/mol. The van der Waals surface area contributed by atoms with E-state index in [-0.39, 0.29) is 42.1 Å². The summed E-state index contributed by atoms with van der Waals surface area (Å²) < 4.78 is 52.2. The lowest BCUT2D eigenvalue weighted by Crippen LogP contribution is -2.70. The van der Waals surface area contributed by atoms with Gasteiger partial charge in [-0.05, 0) is 70.2 Å². The van der Waals surface area contributed by atoms with E-state index < -0.39 is 29.0 Å². The third-order valence-electron chi connectivity index (χ3n) is 8.13. The Morgan fingerprint density at radius 3 is 2.56 bits per heavy atom. The van der Waals surface area contributed by atoms with Crippen molar-refractivity contribution in [3.05, 3.63) is 67.8 Å². The lowest BCUT2D eigenvalue weighted by atomic mass is 9.34. The molecule has 0 unspecified atom stereocenters. The maximum Gasteiger partial charge on any atom is 0.394 e. The van der Waals surface area contributed by atoms with Crippen LogP contribution in [-0.4, -0.2) is 23.7 Å². The molecule has 6 rings (SSSR count). The van der Waals surface area contributed by atoms with Gasteiger partial charge in [0.2, 0.25) is 0 Å². The van der Waals surface area contributed by atoms with E-state index in [0.717, 1.165) is 12.0 Å². The quantitative estimate of drug-likeness (QED) is 0.173. The van der Waals surface area contributed by atoms with E-state index in [0.29, 0.717) is 40.0 Å². The molecule has 39 heavy (non-hydrogen) atoms. The number of halogens is 4. The molecule has 2 bridgehead atoms. The SMILES string of the molecule is CCCCOC(=O)c1nc(Cl)ccc1N[C@H](C)c1cc(C)cc2c(=O)c(C)c(C34CC(C(F)(F)F)(C3)C4)oc12. The number of fused-ring (bicyclic) bond motifs is 1. The molecule has 0 saturated heterocycles. The molecule has 2 aromatic heterocycles. The number of carbonyl (C=O) groups is 1. The van der Waals surface area contributed by atoms with Gasteiger partial charge in [0, 0.05) is 16.5 Å². The van der Waals surface area contributed by atoms with E-state index in [1.54, 1.807) is 25.1 Å². The summed E-state index contributed by atoms with van der Waals surface area (Å²) in [6, 6.07) is 6.31. The first-order valence-corrected chi connectivity index (χ1v) is 13.4. The molecule has 1 atom stereocenters. The zero-order valence-corrected chi connectivity index (χ0v) is 23.0. The number of benzene rings is 1. The third-order valence-corrected chi connectivity index (χ3v) is 8.34. The normalized spacial score (nSPS) is 22.7. The van der Waals surface area contributed by atoms with Crippen molar-refractivity contribution in [2.24, 2.45) is 5.41 Å². The first-order chi connectivity index (χ1) is 18.3. The molecule has 1 N–H and O–H groups in total. The summed E-state index contributed by atoms with van der Waals surface area (Å²) in [6.07, 6.45) is -2.87. The predicted molar refractivity (Wildman–Crippen MR) is 142 cm³/mol. The van der Waals surface area contributed by atoms with Crippen LogP contribution < -0.4 is 10.7 Å². The number of carbonyl (C=O) groups excluding carboxylic acids is 1. The lowest BCUT2D eigenvalue weighted by molar-refractivity contribution is -0.340. The molecule has 3 aliphatic rings. The second-order valence-electron chi connectivity index (χ2n) is 11.1. The van der Waals surface area contributed by atoms with Crippen LogP contribution in [0, 0.1) is 19.3 Å². The molecule has 0 radical (unpaired) electrons. The number of nitrogens with zero attached hydrogens (tertiary/aromatic N) is 1. The summed E-state index contributed by atoms with van der Waals surface area (Å²) in [5.41, 5.74) is -0.108. The molecular formula is C29H30ClF3N2O4. The lowest BCUT2D eigenvalue weighted by Gasteiger charge is -2.69. The van der Waals surface area contributed by atoms with E-state index in [4.69, 9.17) is 20.8 Å². The van der Waals surface area contributed by atoms with E-state index in [2.05, 4.69) is 10.3 Å². The Labute approximate surface area is 228 Å². The van der Waals surface area contributed by atoms with Crippen LogP contribution in [0.4, 0.5) is 18.9 Å². The topological polar surface area (TPSA) is 81.4 Å². The summed E-state index contributed by atoms with van der Waals surface area (Å²) in [4.78, 5) is 30.3. The average molecular weight is 563 g/mol. The van der Waals surface area contributed by atoms with Crippen LogP contribution in [0.5, 0.6) is 0 Å². The summed E-state index contributed by atoms with van der Waals surface area (Å²) in [5, 5.41) is 3.77. The number of pyridine rings is 1. The van der Waals surface area contributed by atoms with Gasteiger partial charge in [-0.25, -0.2) is 9.78 Å². The van der Waals surface area contributed by atoms with Gasteiger partial charge in [0.15, 0.2) is 11.1 Å². The first kappa shape index (κ1) is 27.5. The molecular weight excluding hydrogens is 533 g/mol. The fourth-order valence-electron chi connectivity index (χ4n) is 6.12. The number of aromatic nitrogens is 1. The maximum atomic E-state index is 13.5. The van der Waals surface area contributed by atoms with E-state index in [1.165, 1.54) is 0 Å². The molecule has 208 valence electrons. The second-order valence-corrected chi connectivity index (χ2v) is 11.5. The van der Waals surface area contributed by atoms with Crippen molar-refractivity contribution in [2.75, 3.05) is 11.9 Å². The Morgan fingerprint density at radius 1 is 1.23 bits per heavy atom. The van der Waals surface area contributed by atoms with Gasteiger partial charge in [0.05, 0.1) is 29.1 Å². The van der Waals surface area contributed by atoms with Gasteiger partial charge in [-0.2, -0.15) is 13.2 Å². The van der Waals surface area contributed by atoms with Gasteiger partial charge in [0.1, 0.15) is 16.5 Å². The molecule has 3 aliphatic carbocycles. The van der Waals surface area contributed by atoms with Gasteiger partial charge in [-0.3, -0.25) is 4.79 Å². The van der Waals surface area contributed by atoms with Crippen LogP contribution in [0.15, 0.2) is 33.5 Å². The van der Waals surface area contributed by atoms with Crippen LogP contribution in [0.25, 0.3) is 11.0 Å². The van der Waals surface area contributed by atoms with Crippen molar-refractivity contribution in [1.29, 1.82) is 0 Å². The smallest absolute Gasteiger partial charge is 0.394 e. The molecule has 10 heteroatoms. The predicted octanol–water partition coefficient (Wildman–Crippen LogP) is 7.57. The number of ether oxygens (including phenoxy) is 1. The molecule has 0 amide bonds. The number of rotatable bonds is 8. The van der Waals surface area contributed by atoms with Crippen LogP contribution in [0.3, 0.4) is 0 Å². The van der Waals surface area contributed by atoms with Gasteiger partial charge >= 0.3 is 12.1 Å². The van der Waals surface area contributed by atoms with Crippen LogP contribution in [-0.2, 0) is 10.2 Å². The highest BCUT2D eigenvalue weighted by atomic mass is 35.5. The molecule has 1 aromatic carbocycles. The zero-order chi connectivity index (χ0) is 28.3. The largest absolute Gasteiger partial charge is 0.461 e. The fourth-order valence-corrected chi connectivity index (χ4v) is 6.27. The van der Waals surface area contributed by atoms with Crippen LogP contribution >= 0.6 is 11.6 Å². The number of hydrogen-bond donors (Lipinski definition) is 1. The highest BCUT2D eigenvalue weighted by Gasteiger charge is 2.80. The number of aryl methyl sites for hydroxylation is 1. The number of esters is 1. The molecule has 6 nitrogen and oxygen atoms in total. The van der Waals surface area contributed by atoms with Gasteiger partial charge in [0.25, 0.3) is 0 Å².